The maximum Gasteiger partial charge on any atom is 0.164 e. The van der Waals surface area contributed by atoms with Gasteiger partial charge < -0.3 is 0 Å². The molecule has 1 atom stereocenters. The van der Waals surface area contributed by atoms with Crippen LogP contribution in [0.3, 0.4) is 0 Å². The number of likely N-dealkylation sites (N-methyl/N-ethyl adjacent to an activating group) is 1. The number of benzene rings is 1. The van der Waals surface area contributed by atoms with Crippen LogP contribution in [0.25, 0.3) is 0 Å². The number of hydrogen-bond donors (Lipinski definition) is 0. The van der Waals surface area contributed by atoms with Crippen molar-refractivity contribution in [3.05, 3.63) is 39.8 Å². The lowest BCUT2D eigenvalue weighted by Crippen LogP contribution is -2.49. The van der Waals surface area contributed by atoms with Crippen LogP contribution in [0.4, 0.5) is 0 Å². The predicted octanol–water partition coefficient (Wildman–Crippen LogP) is 3.29. The van der Waals surface area contributed by atoms with E-state index in [1.54, 1.807) is 25.2 Å². The summed E-state index contributed by atoms with van der Waals surface area (Å²) < 4.78 is 0. The maximum atomic E-state index is 12.4. The lowest BCUT2D eigenvalue weighted by molar-refractivity contribution is -0.134. The minimum atomic E-state index is -0.988. The highest BCUT2D eigenvalue weighted by Gasteiger charge is 2.46. The van der Waals surface area contributed by atoms with Crippen molar-refractivity contribution in [1.82, 2.24) is 5.01 Å². The third-order valence-electron chi connectivity index (χ3n) is 3.65. The lowest BCUT2D eigenvalue weighted by atomic mass is 9.75. The predicted molar refractivity (Wildman–Crippen MR) is 70.2 cm³/mol. The van der Waals surface area contributed by atoms with Gasteiger partial charge in [-0.25, -0.2) is 5.01 Å². The van der Waals surface area contributed by atoms with Crippen LogP contribution in [0, 0.1) is 4.91 Å². The Kier molecular flexibility index (Phi) is 3.66. The molecule has 1 aromatic carbocycles. The Bertz CT molecular complexity index is 478. The number of Topliss-reactive ketones (excluding diaryl/α,β-unsaturated/α-hetero) is 1. The largest absolute Gasteiger partial charge is 0.297 e. The highest BCUT2D eigenvalue weighted by Crippen LogP contribution is 2.42. The molecule has 1 aliphatic carbocycles. The van der Waals surface area contributed by atoms with Gasteiger partial charge in [0.05, 0.1) is 5.29 Å². The molecule has 0 saturated heterocycles. The van der Waals surface area contributed by atoms with Crippen LogP contribution in [-0.2, 0) is 10.3 Å². The molecular weight excluding hydrogens is 252 g/mol. The molecule has 0 unspecified atom stereocenters. The first-order chi connectivity index (χ1) is 8.63. The summed E-state index contributed by atoms with van der Waals surface area (Å²) in [6.07, 6.45) is 2.79. The van der Waals surface area contributed by atoms with E-state index in [-0.39, 0.29) is 5.78 Å². The Morgan fingerprint density at radius 3 is 2.67 bits per heavy atom. The average molecular weight is 267 g/mol. The van der Waals surface area contributed by atoms with Crippen LogP contribution in [0.1, 0.15) is 31.2 Å². The monoisotopic (exact) mass is 266 g/mol. The third kappa shape index (κ3) is 1.90. The topological polar surface area (TPSA) is 49.7 Å². The summed E-state index contributed by atoms with van der Waals surface area (Å²) in [4.78, 5) is 23.3. The Labute approximate surface area is 111 Å². The van der Waals surface area contributed by atoms with E-state index in [9.17, 15) is 9.70 Å². The molecule has 1 fully saturated rings. The van der Waals surface area contributed by atoms with Crippen molar-refractivity contribution in [1.29, 1.82) is 0 Å². The fourth-order valence-corrected chi connectivity index (χ4v) is 2.97. The van der Waals surface area contributed by atoms with Gasteiger partial charge in [0, 0.05) is 24.1 Å². The van der Waals surface area contributed by atoms with E-state index in [4.69, 9.17) is 11.6 Å². The number of carbonyl (C=O) groups is 1. The molecular formula is C13H15ClN2O2. The number of carbonyl (C=O) groups excluding carboxylic acids is 1. The zero-order valence-corrected chi connectivity index (χ0v) is 11.0. The van der Waals surface area contributed by atoms with Crippen LogP contribution >= 0.6 is 11.6 Å². The van der Waals surface area contributed by atoms with Gasteiger partial charge in [-0.2, -0.15) is 0 Å². The first-order valence-corrected chi connectivity index (χ1v) is 6.36. The molecule has 1 saturated carbocycles. The first kappa shape index (κ1) is 13.0. The summed E-state index contributed by atoms with van der Waals surface area (Å²) in [5, 5.41) is 4.68. The van der Waals surface area contributed by atoms with Crippen LogP contribution in [-0.4, -0.2) is 17.8 Å². The van der Waals surface area contributed by atoms with Gasteiger partial charge in [-0.3, -0.25) is 4.79 Å². The first-order valence-electron chi connectivity index (χ1n) is 5.98. The van der Waals surface area contributed by atoms with Crippen LogP contribution in [0.5, 0.6) is 0 Å². The molecule has 0 heterocycles. The van der Waals surface area contributed by atoms with E-state index in [1.165, 1.54) is 5.01 Å². The molecule has 0 amide bonds. The SMILES string of the molecule is CN(N=O)[C@]1(c2ccccc2Cl)CCCCC1=O. The number of halogens is 1. The Hall–Kier alpha value is -1.42. The van der Waals surface area contributed by atoms with E-state index in [1.807, 2.05) is 6.07 Å². The average Bonchev–Trinajstić information content (AvgIpc) is 2.39. The molecule has 1 aromatic rings. The second-order valence-electron chi connectivity index (χ2n) is 4.58. The number of rotatable bonds is 3. The van der Waals surface area contributed by atoms with Crippen molar-refractivity contribution >= 4 is 17.4 Å². The van der Waals surface area contributed by atoms with Crippen LogP contribution in [0.15, 0.2) is 29.6 Å². The molecule has 0 spiro atoms. The van der Waals surface area contributed by atoms with E-state index in [2.05, 4.69) is 5.29 Å². The fraction of sp³-hybridized carbons (Fsp3) is 0.462. The van der Waals surface area contributed by atoms with E-state index in [0.29, 0.717) is 23.4 Å². The summed E-state index contributed by atoms with van der Waals surface area (Å²) in [5.41, 5.74) is -0.309. The summed E-state index contributed by atoms with van der Waals surface area (Å²) in [7, 11) is 1.54. The third-order valence-corrected chi connectivity index (χ3v) is 3.98. The van der Waals surface area contributed by atoms with Crippen molar-refractivity contribution < 1.29 is 4.79 Å². The second-order valence-corrected chi connectivity index (χ2v) is 4.98. The van der Waals surface area contributed by atoms with E-state index in [0.717, 1.165) is 12.8 Å². The van der Waals surface area contributed by atoms with Crippen molar-refractivity contribution in [3.8, 4) is 0 Å². The molecule has 96 valence electrons. The van der Waals surface area contributed by atoms with Gasteiger partial charge in [0.1, 0.15) is 5.54 Å². The quantitative estimate of drug-likeness (QED) is 0.623. The molecule has 0 aromatic heterocycles. The van der Waals surface area contributed by atoms with E-state index < -0.39 is 5.54 Å². The van der Waals surface area contributed by atoms with Gasteiger partial charge >= 0.3 is 0 Å². The normalized spacial score (nSPS) is 23.8. The highest BCUT2D eigenvalue weighted by atomic mass is 35.5. The van der Waals surface area contributed by atoms with Gasteiger partial charge in [0.2, 0.25) is 0 Å². The fourth-order valence-electron chi connectivity index (χ4n) is 2.68. The summed E-state index contributed by atoms with van der Waals surface area (Å²) >= 11 is 6.19. The van der Waals surface area contributed by atoms with Crippen molar-refractivity contribution in [2.24, 2.45) is 5.29 Å². The number of hydrogen-bond acceptors (Lipinski definition) is 3. The zero-order chi connectivity index (χ0) is 13.2. The Balaban J connectivity index is 2.58. The lowest BCUT2D eigenvalue weighted by Gasteiger charge is -2.40. The standard InChI is InChI=1S/C13H15ClN2O2/c1-16(15-18)13(9-5-4-8-12(13)17)10-6-2-3-7-11(10)14/h2-3,6-7H,4-5,8-9H2,1H3/t13-/m0/s1. The van der Waals surface area contributed by atoms with Gasteiger partial charge in [-0.15, -0.1) is 4.91 Å². The molecule has 0 aliphatic heterocycles. The smallest absolute Gasteiger partial charge is 0.164 e. The molecule has 5 heteroatoms. The van der Waals surface area contributed by atoms with Gasteiger partial charge in [-0.05, 0) is 25.3 Å². The highest BCUT2D eigenvalue weighted by molar-refractivity contribution is 6.31. The Morgan fingerprint density at radius 1 is 1.33 bits per heavy atom. The maximum absolute atomic E-state index is 12.4. The number of nitrogens with zero attached hydrogens (tertiary/aromatic N) is 2. The number of nitroso groups, excluding NO2 is 1. The van der Waals surface area contributed by atoms with Crippen molar-refractivity contribution in [3.63, 3.8) is 0 Å². The minimum absolute atomic E-state index is 0.0175. The van der Waals surface area contributed by atoms with Gasteiger partial charge in [0.15, 0.2) is 5.78 Å². The summed E-state index contributed by atoms with van der Waals surface area (Å²) in [6, 6.07) is 7.16. The van der Waals surface area contributed by atoms with Gasteiger partial charge in [0.25, 0.3) is 0 Å². The molecule has 1 aliphatic rings. The second kappa shape index (κ2) is 5.06. The zero-order valence-electron chi connectivity index (χ0n) is 10.2. The molecule has 0 N–H and O–H groups in total. The molecule has 0 bridgehead atoms. The molecule has 4 nitrogen and oxygen atoms in total. The summed E-state index contributed by atoms with van der Waals surface area (Å²) in [6.45, 7) is 0. The number of ketones is 1. The minimum Gasteiger partial charge on any atom is -0.297 e. The Morgan fingerprint density at radius 2 is 2.06 bits per heavy atom. The van der Waals surface area contributed by atoms with Gasteiger partial charge in [-0.1, -0.05) is 29.8 Å². The molecule has 2 rings (SSSR count). The molecule has 18 heavy (non-hydrogen) atoms. The van der Waals surface area contributed by atoms with Crippen LogP contribution < -0.4 is 0 Å². The van der Waals surface area contributed by atoms with Crippen LogP contribution in [0.2, 0.25) is 5.02 Å². The summed E-state index contributed by atoms with van der Waals surface area (Å²) in [5.74, 6) is 0.0175. The van der Waals surface area contributed by atoms with E-state index >= 15 is 0 Å². The molecule has 0 radical (unpaired) electrons. The van der Waals surface area contributed by atoms with Crippen molar-refractivity contribution in [2.45, 2.75) is 31.2 Å². The van der Waals surface area contributed by atoms with Crippen molar-refractivity contribution in [2.75, 3.05) is 7.05 Å².